The second-order valence-electron chi connectivity index (χ2n) is 7.78. The number of pyridine rings is 2. The van der Waals surface area contributed by atoms with Gasteiger partial charge in [-0.15, -0.1) is 0 Å². The predicted molar refractivity (Wildman–Crippen MR) is 135 cm³/mol. The second-order valence-corrected chi connectivity index (χ2v) is 8.19. The fourth-order valence-corrected chi connectivity index (χ4v) is 4.05. The molecule has 0 saturated heterocycles. The first-order valence-corrected chi connectivity index (χ1v) is 12.0. The van der Waals surface area contributed by atoms with Crippen molar-refractivity contribution in [2.75, 3.05) is 19.8 Å². The van der Waals surface area contributed by atoms with Gasteiger partial charge in [-0.05, 0) is 50.6 Å². The summed E-state index contributed by atoms with van der Waals surface area (Å²) in [6.45, 7) is 4.92. The number of nitrogens with zero attached hydrogens (tertiary/aromatic N) is 4. The fourth-order valence-electron chi connectivity index (χ4n) is 3.83. The Balaban J connectivity index is 2.07. The van der Waals surface area contributed by atoms with Crippen molar-refractivity contribution in [1.29, 1.82) is 0 Å². The number of esters is 1. The molecule has 0 unspecified atom stereocenters. The summed E-state index contributed by atoms with van der Waals surface area (Å²) >= 11 is 6.22. The minimum atomic E-state index is -0.707. The molecule has 36 heavy (non-hydrogen) atoms. The minimum absolute atomic E-state index is 0.0176. The molecule has 0 atom stereocenters. The number of rotatable bonds is 8. The van der Waals surface area contributed by atoms with E-state index in [9.17, 15) is 14.4 Å². The van der Waals surface area contributed by atoms with Gasteiger partial charge in [-0.2, -0.15) is 4.99 Å². The third kappa shape index (κ3) is 5.07. The Morgan fingerprint density at radius 2 is 1.83 bits per heavy atom. The number of carbonyl (C=O) groups is 2. The Kier molecular flexibility index (Phi) is 7.92. The molecule has 0 spiro atoms. The summed E-state index contributed by atoms with van der Waals surface area (Å²) in [5.41, 5.74) is 0.554. The maximum absolute atomic E-state index is 13.4. The molecule has 0 aliphatic rings. The topological polar surface area (TPSA) is 104 Å². The number of aryl methyl sites for hydroxylation is 1. The van der Waals surface area contributed by atoms with E-state index in [0.29, 0.717) is 30.9 Å². The molecule has 3 aromatic heterocycles. The molecule has 0 aliphatic heterocycles. The lowest BCUT2D eigenvalue weighted by molar-refractivity contribution is 0.0523. The first kappa shape index (κ1) is 25.3. The van der Waals surface area contributed by atoms with Crippen molar-refractivity contribution in [3.05, 3.63) is 86.7 Å². The van der Waals surface area contributed by atoms with E-state index >= 15 is 0 Å². The molecular weight excluding hydrogens is 484 g/mol. The largest absolute Gasteiger partial charge is 0.462 e. The molecule has 4 rings (SSSR count). The molecule has 10 heteroatoms. The van der Waals surface area contributed by atoms with Crippen molar-refractivity contribution in [2.45, 2.75) is 26.8 Å². The zero-order valence-electron chi connectivity index (χ0n) is 19.9. The van der Waals surface area contributed by atoms with Crippen LogP contribution in [0.3, 0.4) is 0 Å². The van der Waals surface area contributed by atoms with Gasteiger partial charge in [0.15, 0.2) is 5.49 Å². The van der Waals surface area contributed by atoms with Crippen LogP contribution < -0.4 is 11.0 Å². The lowest BCUT2D eigenvalue weighted by Gasteiger charge is -2.15. The highest BCUT2D eigenvalue weighted by Crippen LogP contribution is 2.17. The molecule has 1 aromatic carbocycles. The van der Waals surface area contributed by atoms with Gasteiger partial charge in [-0.25, -0.2) is 9.78 Å². The number of amides is 1. The maximum atomic E-state index is 13.4. The van der Waals surface area contributed by atoms with Crippen molar-refractivity contribution >= 4 is 40.2 Å². The van der Waals surface area contributed by atoms with Crippen molar-refractivity contribution in [3.63, 3.8) is 0 Å². The van der Waals surface area contributed by atoms with E-state index in [1.54, 1.807) is 60.2 Å². The number of hydrogen-bond acceptors (Lipinski definition) is 6. The molecular formula is C26H25ClN4O5. The second kappa shape index (κ2) is 11.3. The van der Waals surface area contributed by atoms with Crippen LogP contribution in [0.4, 0.5) is 0 Å². The highest BCUT2D eigenvalue weighted by Gasteiger charge is 2.20. The Bertz CT molecular complexity index is 1570. The van der Waals surface area contributed by atoms with Crippen LogP contribution in [0.15, 0.2) is 64.5 Å². The summed E-state index contributed by atoms with van der Waals surface area (Å²) < 4.78 is 13.7. The summed E-state index contributed by atoms with van der Waals surface area (Å²) in [6, 6.07) is 13.1. The number of aromatic nitrogens is 3. The number of ether oxygens (including phenoxy) is 2. The monoisotopic (exact) mass is 508 g/mol. The first-order chi connectivity index (χ1) is 17.5. The van der Waals surface area contributed by atoms with Crippen molar-refractivity contribution in [3.8, 4) is 0 Å². The third-order valence-corrected chi connectivity index (χ3v) is 5.80. The summed E-state index contributed by atoms with van der Waals surface area (Å²) in [6.07, 6.45) is 2.13. The van der Waals surface area contributed by atoms with Gasteiger partial charge in [0.05, 0.1) is 22.6 Å². The number of halogens is 1. The molecule has 4 aromatic rings. The average molecular weight is 509 g/mol. The van der Waals surface area contributed by atoms with E-state index in [-0.39, 0.29) is 45.7 Å². The van der Waals surface area contributed by atoms with Gasteiger partial charge in [0, 0.05) is 26.0 Å². The van der Waals surface area contributed by atoms with Crippen molar-refractivity contribution < 1.29 is 19.1 Å². The van der Waals surface area contributed by atoms with Crippen LogP contribution >= 0.6 is 11.6 Å². The normalized spacial score (nSPS) is 11.8. The van der Waals surface area contributed by atoms with Gasteiger partial charge in [-0.1, -0.05) is 29.8 Å². The lowest BCUT2D eigenvalue weighted by Crippen LogP contribution is -2.33. The maximum Gasteiger partial charge on any atom is 0.341 e. The average Bonchev–Trinajstić information content (AvgIpc) is 2.88. The van der Waals surface area contributed by atoms with Gasteiger partial charge in [-0.3, -0.25) is 14.0 Å². The van der Waals surface area contributed by atoms with Crippen LogP contribution in [0.1, 0.15) is 41.0 Å². The van der Waals surface area contributed by atoms with E-state index in [1.165, 1.54) is 10.5 Å². The predicted octanol–water partition coefficient (Wildman–Crippen LogP) is 3.65. The Morgan fingerprint density at radius 3 is 2.58 bits per heavy atom. The molecule has 0 bridgehead atoms. The quantitative estimate of drug-likeness (QED) is 0.204. The number of carbonyl (C=O) groups excluding carboxylic acids is 2. The standard InChI is InChI=1S/C26H25ClN4O5/c1-3-35-15-9-14-31-22-18(25(33)30-13-8-7-12-21(30)28-22)16-19(26(34)36-4-2)23(31)29-24(32)17-10-5-6-11-20(17)27/h5-8,10-13,16H,3-4,9,14-15H2,1-2H3. The van der Waals surface area contributed by atoms with Gasteiger partial charge in [0.2, 0.25) is 0 Å². The SMILES string of the molecule is CCOCCCn1c(=NC(=O)c2ccccc2Cl)c(C(=O)OCC)cc2c(=O)n3ccccc3nc21. The molecule has 0 radical (unpaired) electrons. The van der Waals surface area contributed by atoms with Crippen LogP contribution in [0.25, 0.3) is 16.7 Å². The molecule has 9 nitrogen and oxygen atoms in total. The number of hydrogen-bond donors (Lipinski definition) is 0. The highest BCUT2D eigenvalue weighted by molar-refractivity contribution is 6.33. The lowest BCUT2D eigenvalue weighted by atomic mass is 10.2. The highest BCUT2D eigenvalue weighted by atomic mass is 35.5. The van der Waals surface area contributed by atoms with Gasteiger partial charge in [0.25, 0.3) is 11.5 Å². The number of fused-ring (bicyclic) bond motifs is 2. The zero-order valence-corrected chi connectivity index (χ0v) is 20.7. The van der Waals surface area contributed by atoms with Crippen LogP contribution in [-0.4, -0.2) is 45.6 Å². The van der Waals surface area contributed by atoms with Crippen LogP contribution in [-0.2, 0) is 16.0 Å². The van der Waals surface area contributed by atoms with Crippen molar-refractivity contribution in [1.82, 2.24) is 14.0 Å². The van der Waals surface area contributed by atoms with E-state index in [1.807, 2.05) is 6.92 Å². The van der Waals surface area contributed by atoms with E-state index in [4.69, 9.17) is 21.1 Å². The van der Waals surface area contributed by atoms with Crippen molar-refractivity contribution in [2.24, 2.45) is 4.99 Å². The Labute approximate surface area is 211 Å². The molecule has 1 amide bonds. The summed E-state index contributed by atoms with van der Waals surface area (Å²) in [5, 5.41) is 0.428. The van der Waals surface area contributed by atoms with E-state index in [2.05, 4.69) is 9.98 Å². The van der Waals surface area contributed by atoms with Gasteiger partial charge in [0.1, 0.15) is 16.9 Å². The number of benzene rings is 1. The van der Waals surface area contributed by atoms with Gasteiger partial charge < -0.3 is 14.0 Å². The fraction of sp³-hybridized carbons (Fsp3) is 0.269. The first-order valence-electron chi connectivity index (χ1n) is 11.6. The summed E-state index contributed by atoms with van der Waals surface area (Å²) in [4.78, 5) is 48.5. The van der Waals surface area contributed by atoms with E-state index < -0.39 is 11.9 Å². The smallest absolute Gasteiger partial charge is 0.341 e. The third-order valence-electron chi connectivity index (χ3n) is 5.47. The molecule has 3 heterocycles. The van der Waals surface area contributed by atoms with Crippen LogP contribution in [0.5, 0.6) is 0 Å². The molecule has 0 fully saturated rings. The van der Waals surface area contributed by atoms with Crippen LogP contribution in [0.2, 0.25) is 5.02 Å². The molecule has 0 aliphatic carbocycles. The summed E-state index contributed by atoms with van der Waals surface area (Å²) in [7, 11) is 0. The Morgan fingerprint density at radius 1 is 1.06 bits per heavy atom. The molecule has 0 saturated carbocycles. The van der Waals surface area contributed by atoms with Gasteiger partial charge >= 0.3 is 5.97 Å². The Hall–Kier alpha value is -3.82. The summed E-state index contributed by atoms with van der Waals surface area (Å²) in [5.74, 6) is -1.34. The van der Waals surface area contributed by atoms with Crippen LogP contribution in [0, 0.1) is 0 Å². The zero-order chi connectivity index (χ0) is 25.7. The molecule has 0 N–H and O–H groups in total. The molecule has 186 valence electrons. The minimum Gasteiger partial charge on any atom is -0.462 e. The van der Waals surface area contributed by atoms with E-state index in [0.717, 1.165) is 0 Å².